The van der Waals surface area contributed by atoms with Gasteiger partial charge in [0.05, 0.1) is 17.8 Å². The van der Waals surface area contributed by atoms with Crippen LogP contribution in [0.2, 0.25) is 0 Å². The zero-order valence-electron chi connectivity index (χ0n) is 11.3. The maximum absolute atomic E-state index is 11.9. The minimum atomic E-state index is -0.458. The van der Waals surface area contributed by atoms with Gasteiger partial charge in [-0.1, -0.05) is 5.16 Å². The van der Waals surface area contributed by atoms with E-state index in [2.05, 4.69) is 10.5 Å². The van der Waals surface area contributed by atoms with Gasteiger partial charge < -0.3 is 15.6 Å². The summed E-state index contributed by atoms with van der Waals surface area (Å²) >= 11 is 1.68. The number of aryl methyl sites for hydroxylation is 2. The van der Waals surface area contributed by atoms with Crippen LogP contribution in [0.4, 0.5) is 0 Å². The molecule has 1 aromatic rings. The van der Waals surface area contributed by atoms with Crippen molar-refractivity contribution in [1.29, 1.82) is 0 Å². The summed E-state index contributed by atoms with van der Waals surface area (Å²) in [6.45, 7) is 5.61. The van der Waals surface area contributed by atoms with Crippen molar-refractivity contribution < 1.29 is 9.32 Å². The third kappa shape index (κ3) is 3.74. The normalized spacial score (nSPS) is 14.3. The molecule has 0 aliphatic rings. The molecule has 0 aliphatic carbocycles. The second-order valence-corrected chi connectivity index (χ2v) is 5.34. The van der Waals surface area contributed by atoms with Gasteiger partial charge in [0.1, 0.15) is 5.76 Å². The van der Waals surface area contributed by atoms with Crippen LogP contribution >= 0.6 is 11.8 Å². The lowest BCUT2D eigenvalue weighted by Gasteiger charge is -2.17. The topological polar surface area (TPSA) is 81.2 Å². The van der Waals surface area contributed by atoms with Crippen LogP contribution in [0.25, 0.3) is 0 Å². The van der Waals surface area contributed by atoms with Crippen molar-refractivity contribution >= 4 is 17.7 Å². The van der Waals surface area contributed by atoms with Gasteiger partial charge in [-0.2, -0.15) is 11.8 Å². The van der Waals surface area contributed by atoms with Crippen molar-refractivity contribution in [3.63, 3.8) is 0 Å². The van der Waals surface area contributed by atoms with Gasteiger partial charge in [-0.25, -0.2) is 0 Å². The first-order valence-corrected chi connectivity index (χ1v) is 7.34. The SMILES string of the molecule is CSCC[C@@H](N)C(=O)NC(C)c1c(C)noc1C. The zero-order chi connectivity index (χ0) is 13.7. The molecule has 0 fully saturated rings. The second kappa shape index (κ2) is 6.80. The lowest BCUT2D eigenvalue weighted by molar-refractivity contribution is -0.123. The highest BCUT2D eigenvalue weighted by molar-refractivity contribution is 7.98. The summed E-state index contributed by atoms with van der Waals surface area (Å²) in [5.41, 5.74) is 7.55. The average Bonchev–Trinajstić information content (AvgIpc) is 2.65. The fourth-order valence-electron chi connectivity index (χ4n) is 1.88. The molecule has 1 rings (SSSR count). The number of rotatable bonds is 6. The summed E-state index contributed by atoms with van der Waals surface area (Å²) in [7, 11) is 0. The van der Waals surface area contributed by atoms with Crippen LogP contribution < -0.4 is 11.1 Å². The van der Waals surface area contributed by atoms with Crippen molar-refractivity contribution in [1.82, 2.24) is 10.5 Å². The maximum Gasteiger partial charge on any atom is 0.237 e. The first-order valence-electron chi connectivity index (χ1n) is 5.95. The fourth-order valence-corrected chi connectivity index (χ4v) is 2.37. The van der Waals surface area contributed by atoms with Crippen LogP contribution in [0, 0.1) is 13.8 Å². The molecule has 0 spiro atoms. The van der Waals surface area contributed by atoms with E-state index in [-0.39, 0.29) is 11.9 Å². The van der Waals surface area contributed by atoms with Crippen molar-refractivity contribution in [3.05, 3.63) is 17.0 Å². The number of aromatic nitrogens is 1. The Bertz CT molecular complexity index is 387. The number of carbonyl (C=O) groups excluding carboxylic acids is 1. The van der Waals surface area contributed by atoms with E-state index in [1.807, 2.05) is 27.0 Å². The summed E-state index contributed by atoms with van der Waals surface area (Å²) in [6, 6.07) is -0.593. The summed E-state index contributed by atoms with van der Waals surface area (Å²) in [5.74, 6) is 1.49. The Labute approximate surface area is 112 Å². The highest BCUT2D eigenvalue weighted by atomic mass is 32.2. The van der Waals surface area contributed by atoms with E-state index in [4.69, 9.17) is 10.3 Å². The lowest BCUT2D eigenvalue weighted by atomic mass is 10.1. The Balaban J connectivity index is 2.59. The molecular weight excluding hydrogens is 250 g/mol. The third-order valence-electron chi connectivity index (χ3n) is 2.85. The average molecular weight is 271 g/mol. The van der Waals surface area contributed by atoms with Gasteiger partial charge in [0.25, 0.3) is 0 Å². The highest BCUT2D eigenvalue weighted by Crippen LogP contribution is 2.20. The van der Waals surface area contributed by atoms with Gasteiger partial charge in [0.15, 0.2) is 0 Å². The van der Waals surface area contributed by atoms with E-state index >= 15 is 0 Å². The van der Waals surface area contributed by atoms with Crippen LogP contribution in [0.3, 0.4) is 0 Å². The smallest absolute Gasteiger partial charge is 0.237 e. The van der Waals surface area contributed by atoms with Gasteiger partial charge in [0.2, 0.25) is 5.91 Å². The minimum absolute atomic E-state index is 0.128. The summed E-state index contributed by atoms with van der Waals surface area (Å²) in [5, 5.41) is 6.78. The van der Waals surface area contributed by atoms with Gasteiger partial charge in [-0.05, 0) is 39.2 Å². The molecule has 0 saturated carbocycles. The molecule has 1 amide bonds. The van der Waals surface area contributed by atoms with Crippen molar-refractivity contribution in [3.8, 4) is 0 Å². The Kier molecular flexibility index (Phi) is 5.68. The molecule has 6 heteroatoms. The van der Waals surface area contributed by atoms with Crippen molar-refractivity contribution in [2.75, 3.05) is 12.0 Å². The largest absolute Gasteiger partial charge is 0.361 e. The molecule has 0 radical (unpaired) electrons. The summed E-state index contributed by atoms with van der Waals surface area (Å²) in [4.78, 5) is 11.9. The van der Waals surface area contributed by atoms with E-state index < -0.39 is 6.04 Å². The third-order valence-corrected chi connectivity index (χ3v) is 3.49. The molecule has 0 aliphatic heterocycles. The van der Waals surface area contributed by atoms with Gasteiger partial charge >= 0.3 is 0 Å². The van der Waals surface area contributed by atoms with Crippen LogP contribution in [-0.4, -0.2) is 29.1 Å². The monoisotopic (exact) mass is 271 g/mol. The molecule has 18 heavy (non-hydrogen) atoms. The minimum Gasteiger partial charge on any atom is -0.361 e. The van der Waals surface area contributed by atoms with Gasteiger partial charge in [-0.15, -0.1) is 0 Å². The number of thioether (sulfide) groups is 1. The van der Waals surface area contributed by atoms with Crippen molar-refractivity contribution in [2.45, 2.75) is 39.3 Å². The van der Waals surface area contributed by atoms with E-state index in [9.17, 15) is 4.79 Å². The predicted molar refractivity (Wildman–Crippen MR) is 73.5 cm³/mol. The summed E-state index contributed by atoms with van der Waals surface area (Å²) < 4.78 is 5.09. The van der Waals surface area contributed by atoms with E-state index in [1.54, 1.807) is 11.8 Å². The number of nitrogens with two attached hydrogens (primary N) is 1. The standard InChI is InChI=1S/C12H21N3O2S/c1-7(11-8(2)15-17-9(11)3)14-12(16)10(13)5-6-18-4/h7,10H,5-6,13H2,1-4H3,(H,14,16)/t7?,10-/m1/s1. The Hall–Kier alpha value is -1.01. The first-order chi connectivity index (χ1) is 8.47. The van der Waals surface area contributed by atoms with Crippen molar-refractivity contribution in [2.24, 2.45) is 5.73 Å². The van der Waals surface area contributed by atoms with E-state index in [0.717, 1.165) is 22.8 Å². The Morgan fingerprint density at radius 1 is 1.56 bits per heavy atom. The predicted octanol–water partition coefficient (Wildman–Crippen LogP) is 1.55. The Morgan fingerprint density at radius 3 is 2.72 bits per heavy atom. The number of hydrogen-bond acceptors (Lipinski definition) is 5. The summed E-state index contributed by atoms with van der Waals surface area (Å²) in [6.07, 6.45) is 2.68. The Morgan fingerprint density at radius 2 is 2.22 bits per heavy atom. The molecule has 0 bridgehead atoms. The maximum atomic E-state index is 11.9. The molecule has 1 aromatic heterocycles. The first kappa shape index (κ1) is 15.0. The second-order valence-electron chi connectivity index (χ2n) is 4.36. The molecule has 0 aromatic carbocycles. The number of carbonyl (C=O) groups is 1. The molecule has 102 valence electrons. The van der Waals surface area contributed by atoms with Crippen LogP contribution in [0.5, 0.6) is 0 Å². The molecule has 5 nitrogen and oxygen atoms in total. The number of amides is 1. The van der Waals surface area contributed by atoms with Crippen LogP contribution in [0.1, 0.15) is 36.4 Å². The quantitative estimate of drug-likeness (QED) is 0.820. The van der Waals surface area contributed by atoms with Crippen LogP contribution in [0.15, 0.2) is 4.52 Å². The molecule has 1 heterocycles. The van der Waals surface area contributed by atoms with Gasteiger partial charge in [0, 0.05) is 5.56 Å². The molecule has 3 N–H and O–H groups in total. The van der Waals surface area contributed by atoms with E-state index in [1.165, 1.54) is 0 Å². The van der Waals surface area contributed by atoms with Gasteiger partial charge in [-0.3, -0.25) is 4.79 Å². The number of hydrogen-bond donors (Lipinski definition) is 2. The molecular formula is C12H21N3O2S. The molecule has 0 saturated heterocycles. The van der Waals surface area contributed by atoms with Crippen LogP contribution in [-0.2, 0) is 4.79 Å². The lowest BCUT2D eigenvalue weighted by Crippen LogP contribution is -2.42. The number of nitrogens with zero attached hydrogens (tertiary/aromatic N) is 1. The number of nitrogens with one attached hydrogen (secondary N) is 1. The molecule has 2 atom stereocenters. The zero-order valence-corrected chi connectivity index (χ0v) is 12.1. The fraction of sp³-hybridized carbons (Fsp3) is 0.667. The molecule has 1 unspecified atom stereocenters. The highest BCUT2D eigenvalue weighted by Gasteiger charge is 2.20. The van der Waals surface area contributed by atoms with E-state index in [0.29, 0.717) is 6.42 Å².